The van der Waals surface area contributed by atoms with Crippen LogP contribution in [0.25, 0.3) is 10.8 Å². The van der Waals surface area contributed by atoms with E-state index < -0.39 is 0 Å². The van der Waals surface area contributed by atoms with E-state index in [-0.39, 0.29) is 11.7 Å². The highest BCUT2D eigenvalue weighted by Crippen LogP contribution is 2.32. The molecule has 176 valence electrons. The molecule has 2 heterocycles. The van der Waals surface area contributed by atoms with Crippen molar-refractivity contribution < 1.29 is 9.18 Å². The van der Waals surface area contributed by atoms with Crippen LogP contribution in [-0.4, -0.2) is 48.4 Å². The number of carbonyl (C=O) groups excluding carboxylic acids is 1. The van der Waals surface area contributed by atoms with Gasteiger partial charge in [-0.05, 0) is 79.2 Å². The van der Waals surface area contributed by atoms with Crippen LogP contribution in [0.3, 0.4) is 0 Å². The van der Waals surface area contributed by atoms with E-state index in [9.17, 15) is 9.18 Å². The summed E-state index contributed by atoms with van der Waals surface area (Å²) in [5.74, 6) is 1.32. The van der Waals surface area contributed by atoms with E-state index in [1.165, 1.54) is 5.56 Å². The first-order chi connectivity index (χ1) is 16.6. The summed E-state index contributed by atoms with van der Waals surface area (Å²) in [6, 6.07) is 21.2. The van der Waals surface area contributed by atoms with Crippen LogP contribution in [0, 0.1) is 17.7 Å². The quantitative estimate of drug-likeness (QED) is 0.432. The molecule has 0 radical (unpaired) electrons. The van der Waals surface area contributed by atoms with Gasteiger partial charge in [0.2, 0.25) is 0 Å². The van der Waals surface area contributed by atoms with Gasteiger partial charge in [0.25, 0.3) is 5.91 Å². The molecule has 3 aromatic carbocycles. The van der Waals surface area contributed by atoms with E-state index in [2.05, 4.69) is 41.0 Å². The molecule has 2 saturated heterocycles. The van der Waals surface area contributed by atoms with Gasteiger partial charge in [0.05, 0.1) is 0 Å². The molecule has 3 nitrogen and oxygen atoms in total. The summed E-state index contributed by atoms with van der Waals surface area (Å²) in [6.07, 6.45) is 6.62. The third-order valence-corrected chi connectivity index (χ3v) is 7.66. The van der Waals surface area contributed by atoms with Crippen molar-refractivity contribution in [3.63, 3.8) is 0 Å². The molecule has 1 amide bonds. The highest BCUT2D eigenvalue weighted by Gasteiger charge is 2.36. The van der Waals surface area contributed by atoms with Crippen LogP contribution in [0.1, 0.15) is 41.6 Å². The summed E-state index contributed by atoms with van der Waals surface area (Å²) >= 11 is 0. The average molecular weight is 457 g/mol. The maximum atomic E-state index is 13.5. The first-order valence-electron chi connectivity index (χ1n) is 12.5. The molecule has 0 bridgehead atoms. The molecule has 0 spiro atoms. The number of fused-ring (bicyclic) bond motifs is 1. The van der Waals surface area contributed by atoms with Gasteiger partial charge >= 0.3 is 0 Å². The molecule has 2 aliphatic heterocycles. The highest BCUT2D eigenvalue weighted by atomic mass is 19.1. The molecular weight excluding hydrogens is 423 g/mol. The summed E-state index contributed by atoms with van der Waals surface area (Å²) in [7, 11) is 0. The summed E-state index contributed by atoms with van der Waals surface area (Å²) in [5, 5.41) is 2.14. The van der Waals surface area contributed by atoms with Gasteiger partial charge in [-0.2, -0.15) is 0 Å². The van der Waals surface area contributed by atoms with E-state index in [0.717, 1.165) is 61.9 Å². The maximum absolute atomic E-state index is 13.5. The Morgan fingerprint density at radius 1 is 0.971 bits per heavy atom. The second-order valence-corrected chi connectivity index (χ2v) is 9.81. The fraction of sp³-hybridized carbons (Fsp3) is 0.367. The fourth-order valence-corrected chi connectivity index (χ4v) is 5.82. The number of allylic oxidation sites excluding steroid dienone is 1. The second kappa shape index (κ2) is 10.1. The van der Waals surface area contributed by atoms with Crippen LogP contribution in [-0.2, 0) is 0 Å². The minimum absolute atomic E-state index is 0.142. The third-order valence-electron chi connectivity index (χ3n) is 7.66. The number of nitrogens with zero attached hydrogens (tertiary/aromatic N) is 2. The van der Waals surface area contributed by atoms with Crippen LogP contribution < -0.4 is 0 Å². The number of hydrogen-bond acceptors (Lipinski definition) is 2. The van der Waals surface area contributed by atoms with E-state index in [1.54, 1.807) is 12.1 Å². The van der Waals surface area contributed by atoms with E-state index in [4.69, 9.17) is 0 Å². The van der Waals surface area contributed by atoms with E-state index in [0.29, 0.717) is 17.8 Å². The molecule has 0 aromatic heterocycles. The number of rotatable bonds is 5. The van der Waals surface area contributed by atoms with E-state index in [1.807, 2.05) is 42.5 Å². The standard InChI is InChI=1S/C30H33FN2O/c1-2-6-25-20-33(30(34)29-10-5-8-24-7-3-4-9-28(24)29)21-26(25)19-32-17-15-23(16-18-32)22-11-13-27(31)14-12-22/h2-14,23,25-26H,15-21H2,1H3/t25-,26?/m1/s1. The van der Waals surface area contributed by atoms with Crippen molar-refractivity contribution in [3.05, 3.63) is 95.8 Å². The van der Waals surface area contributed by atoms with Crippen LogP contribution in [0.4, 0.5) is 4.39 Å². The summed E-state index contributed by atoms with van der Waals surface area (Å²) in [5.41, 5.74) is 2.05. The summed E-state index contributed by atoms with van der Waals surface area (Å²) in [4.78, 5) is 18.2. The SMILES string of the molecule is CC=C[C@@H]1CN(C(=O)c2cccc3ccccc23)CC1CN1CCC(c2ccc(F)cc2)CC1. The molecule has 0 N–H and O–H groups in total. The predicted molar refractivity (Wildman–Crippen MR) is 136 cm³/mol. The van der Waals surface area contributed by atoms with E-state index >= 15 is 0 Å². The van der Waals surface area contributed by atoms with Gasteiger partial charge in [0, 0.05) is 31.1 Å². The van der Waals surface area contributed by atoms with Gasteiger partial charge in [-0.1, -0.05) is 60.7 Å². The molecule has 4 heteroatoms. The Hall–Kier alpha value is -2.98. The number of halogens is 1. The molecule has 5 rings (SSSR count). The lowest BCUT2D eigenvalue weighted by Gasteiger charge is -2.34. The first kappa shape index (κ1) is 22.8. The molecule has 2 atom stereocenters. The summed E-state index contributed by atoms with van der Waals surface area (Å²) < 4.78 is 13.3. The minimum Gasteiger partial charge on any atom is -0.338 e. The van der Waals surface area contributed by atoms with Gasteiger partial charge in [-0.25, -0.2) is 4.39 Å². The number of hydrogen-bond donors (Lipinski definition) is 0. The van der Waals surface area contributed by atoms with Gasteiger partial charge in [-0.3, -0.25) is 4.79 Å². The average Bonchev–Trinajstić information content (AvgIpc) is 3.26. The van der Waals surface area contributed by atoms with Crippen LogP contribution >= 0.6 is 0 Å². The summed E-state index contributed by atoms with van der Waals surface area (Å²) in [6.45, 7) is 6.78. The topological polar surface area (TPSA) is 23.6 Å². The fourth-order valence-electron chi connectivity index (χ4n) is 5.82. The molecule has 2 fully saturated rings. The van der Waals surface area contributed by atoms with Gasteiger partial charge in [-0.15, -0.1) is 0 Å². The molecule has 34 heavy (non-hydrogen) atoms. The Morgan fingerprint density at radius 3 is 2.47 bits per heavy atom. The Bertz CT molecular complexity index is 1160. The Labute approximate surface area is 201 Å². The van der Waals surface area contributed by atoms with Crippen molar-refractivity contribution in [1.82, 2.24) is 9.80 Å². The largest absolute Gasteiger partial charge is 0.338 e. The van der Waals surface area contributed by atoms with Gasteiger partial charge in [0.15, 0.2) is 0 Å². The highest BCUT2D eigenvalue weighted by molar-refractivity contribution is 6.07. The van der Waals surface area contributed by atoms with Crippen LogP contribution in [0.2, 0.25) is 0 Å². The van der Waals surface area contributed by atoms with Crippen molar-refractivity contribution in [2.24, 2.45) is 11.8 Å². The van der Waals surface area contributed by atoms with Crippen LogP contribution in [0.15, 0.2) is 78.9 Å². The van der Waals surface area contributed by atoms with Gasteiger partial charge in [0.1, 0.15) is 5.82 Å². The molecule has 1 unspecified atom stereocenters. The lowest BCUT2D eigenvalue weighted by molar-refractivity contribution is 0.0783. The molecule has 0 aliphatic carbocycles. The zero-order valence-electron chi connectivity index (χ0n) is 19.9. The normalized spacial score (nSPS) is 22.1. The lowest BCUT2D eigenvalue weighted by Crippen LogP contribution is -2.38. The number of amides is 1. The smallest absolute Gasteiger partial charge is 0.254 e. The monoisotopic (exact) mass is 456 g/mol. The van der Waals surface area contributed by atoms with Crippen molar-refractivity contribution in [2.45, 2.75) is 25.7 Å². The number of likely N-dealkylation sites (tertiary alicyclic amines) is 2. The molecule has 3 aromatic rings. The minimum atomic E-state index is -0.167. The van der Waals surface area contributed by atoms with Crippen molar-refractivity contribution in [1.29, 1.82) is 0 Å². The van der Waals surface area contributed by atoms with Crippen molar-refractivity contribution in [3.8, 4) is 0 Å². The second-order valence-electron chi connectivity index (χ2n) is 9.81. The predicted octanol–water partition coefficient (Wildman–Crippen LogP) is 6.12. The molecule has 0 saturated carbocycles. The number of carbonyl (C=O) groups is 1. The number of piperidine rings is 1. The van der Waals surface area contributed by atoms with Crippen molar-refractivity contribution >= 4 is 16.7 Å². The maximum Gasteiger partial charge on any atom is 0.254 e. The Kier molecular flexibility index (Phi) is 6.77. The third kappa shape index (κ3) is 4.78. The zero-order valence-corrected chi connectivity index (χ0v) is 19.9. The molecule has 2 aliphatic rings. The number of benzene rings is 3. The van der Waals surface area contributed by atoms with Gasteiger partial charge < -0.3 is 9.80 Å². The van der Waals surface area contributed by atoms with Crippen LogP contribution in [0.5, 0.6) is 0 Å². The lowest BCUT2D eigenvalue weighted by atomic mass is 9.88. The zero-order chi connectivity index (χ0) is 23.5. The Morgan fingerprint density at radius 2 is 1.71 bits per heavy atom. The van der Waals surface area contributed by atoms with Crippen molar-refractivity contribution in [2.75, 3.05) is 32.7 Å². The first-order valence-corrected chi connectivity index (χ1v) is 12.5. The Balaban J connectivity index is 1.24. The molecular formula is C30H33FN2O.